The van der Waals surface area contributed by atoms with E-state index in [4.69, 9.17) is 0 Å². The molecule has 0 atom stereocenters. The van der Waals surface area contributed by atoms with Gasteiger partial charge in [0.1, 0.15) is 18.5 Å². The van der Waals surface area contributed by atoms with E-state index in [0.29, 0.717) is 5.95 Å². The first-order valence-electron chi connectivity index (χ1n) is 3.50. The second-order valence-corrected chi connectivity index (χ2v) is 2.42. The van der Waals surface area contributed by atoms with Gasteiger partial charge in [-0.3, -0.25) is 4.68 Å². The van der Waals surface area contributed by atoms with E-state index in [2.05, 4.69) is 20.2 Å². The zero-order valence-electron chi connectivity index (χ0n) is 6.84. The van der Waals surface area contributed by atoms with Crippen molar-refractivity contribution in [2.24, 2.45) is 7.05 Å². The van der Waals surface area contributed by atoms with Crippen LogP contribution >= 0.6 is 0 Å². The van der Waals surface area contributed by atoms with Gasteiger partial charge in [-0.1, -0.05) is 0 Å². The van der Waals surface area contributed by atoms with Crippen LogP contribution in [0.5, 0.6) is 0 Å². The molecule has 0 radical (unpaired) electrons. The van der Waals surface area contributed by atoms with E-state index < -0.39 is 0 Å². The van der Waals surface area contributed by atoms with Crippen molar-refractivity contribution in [3.8, 4) is 5.95 Å². The maximum atomic E-state index is 4.16. The lowest BCUT2D eigenvalue weighted by Gasteiger charge is -1.88. The van der Waals surface area contributed by atoms with Crippen LogP contribution in [0.25, 0.3) is 5.95 Å². The first-order valence-corrected chi connectivity index (χ1v) is 3.50. The predicted molar refractivity (Wildman–Crippen MR) is 40.7 cm³/mol. The normalized spacial score (nSPS) is 10.5. The predicted octanol–water partition coefficient (Wildman–Crippen LogP) is -0.296. The minimum atomic E-state index is 0.549. The third-order valence-corrected chi connectivity index (χ3v) is 1.59. The molecular weight excluding hydrogens is 156 g/mol. The van der Waals surface area contributed by atoms with Gasteiger partial charge in [0.2, 0.25) is 0 Å². The Morgan fingerprint density at radius 2 is 2.25 bits per heavy atom. The summed E-state index contributed by atoms with van der Waals surface area (Å²) in [6, 6.07) is 0. The van der Waals surface area contributed by atoms with E-state index in [9.17, 15) is 0 Å². The number of hydrogen-bond acceptors (Lipinski definition) is 4. The van der Waals surface area contributed by atoms with E-state index in [1.807, 2.05) is 14.0 Å². The lowest BCUT2D eigenvalue weighted by atomic mass is 10.7. The summed E-state index contributed by atoms with van der Waals surface area (Å²) in [6.45, 7) is 1.88. The lowest BCUT2D eigenvalue weighted by molar-refractivity contribution is 0.713. The molecule has 2 rings (SSSR count). The van der Waals surface area contributed by atoms with Crippen LogP contribution in [0.1, 0.15) is 5.82 Å². The highest BCUT2D eigenvalue weighted by Crippen LogP contribution is 1.98. The van der Waals surface area contributed by atoms with E-state index >= 15 is 0 Å². The molecule has 6 heteroatoms. The molecule has 6 nitrogen and oxygen atoms in total. The van der Waals surface area contributed by atoms with Gasteiger partial charge < -0.3 is 0 Å². The molecule has 0 aliphatic rings. The molecule has 0 saturated heterocycles. The average molecular weight is 164 g/mol. The van der Waals surface area contributed by atoms with Crippen LogP contribution in [0.4, 0.5) is 0 Å². The Morgan fingerprint density at radius 1 is 1.42 bits per heavy atom. The maximum Gasteiger partial charge on any atom is 0.271 e. The van der Waals surface area contributed by atoms with E-state index in [1.54, 1.807) is 11.0 Å². The van der Waals surface area contributed by atoms with E-state index in [-0.39, 0.29) is 0 Å². The van der Waals surface area contributed by atoms with Crippen LogP contribution < -0.4 is 0 Å². The molecule has 2 heterocycles. The first kappa shape index (κ1) is 6.96. The monoisotopic (exact) mass is 164 g/mol. The highest BCUT2D eigenvalue weighted by Gasteiger charge is 2.04. The molecular formula is C6H8N6. The molecule has 0 fully saturated rings. The van der Waals surface area contributed by atoms with Crippen molar-refractivity contribution in [1.82, 2.24) is 29.5 Å². The molecule has 0 aromatic carbocycles. The second-order valence-electron chi connectivity index (χ2n) is 2.42. The van der Waals surface area contributed by atoms with E-state index in [0.717, 1.165) is 5.82 Å². The van der Waals surface area contributed by atoms with Crippen molar-refractivity contribution in [2.75, 3.05) is 0 Å². The molecule has 0 unspecified atom stereocenters. The lowest BCUT2D eigenvalue weighted by Crippen LogP contribution is -1.98. The number of nitrogens with zero attached hydrogens (tertiary/aromatic N) is 6. The molecule has 2 aromatic rings. The molecule has 0 spiro atoms. The van der Waals surface area contributed by atoms with Gasteiger partial charge in [0.15, 0.2) is 0 Å². The second kappa shape index (κ2) is 2.40. The Hall–Kier alpha value is -1.72. The minimum absolute atomic E-state index is 0.549. The van der Waals surface area contributed by atoms with Gasteiger partial charge in [-0.25, -0.2) is 4.98 Å². The van der Waals surface area contributed by atoms with Gasteiger partial charge >= 0.3 is 0 Å². The summed E-state index contributed by atoms with van der Waals surface area (Å²) >= 11 is 0. The highest BCUT2D eigenvalue weighted by molar-refractivity contribution is 5.05. The van der Waals surface area contributed by atoms with Crippen LogP contribution in [-0.2, 0) is 7.05 Å². The third kappa shape index (κ3) is 0.969. The Kier molecular flexibility index (Phi) is 1.39. The van der Waals surface area contributed by atoms with Crippen molar-refractivity contribution in [1.29, 1.82) is 0 Å². The molecule has 2 aromatic heterocycles. The van der Waals surface area contributed by atoms with Gasteiger partial charge in [0, 0.05) is 7.05 Å². The molecule has 62 valence electrons. The fraction of sp³-hybridized carbons (Fsp3) is 0.333. The quantitative estimate of drug-likeness (QED) is 0.580. The number of hydrogen-bond donors (Lipinski definition) is 0. The fourth-order valence-electron chi connectivity index (χ4n) is 0.855. The Morgan fingerprint density at radius 3 is 2.75 bits per heavy atom. The van der Waals surface area contributed by atoms with Crippen LogP contribution in [0.2, 0.25) is 0 Å². The van der Waals surface area contributed by atoms with Crippen LogP contribution in [0.3, 0.4) is 0 Å². The van der Waals surface area contributed by atoms with Gasteiger partial charge in [-0.15, -0.1) is 5.10 Å². The van der Waals surface area contributed by atoms with E-state index in [1.165, 1.54) is 11.0 Å². The molecule has 0 saturated carbocycles. The van der Waals surface area contributed by atoms with Crippen molar-refractivity contribution in [2.45, 2.75) is 6.92 Å². The summed E-state index contributed by atoms with van der Waals surface area (Å²) in [5.74, 6) is 1.40. The summed E-state index contributed by atoms with van der Waals surface area (Å²) in [6.07, 6.45) is 3.01. The maximum absolute atomic E-state index is 4.16. The smallest absolute Gasteiger partial charge is 0.251 e. The fourth-order valence-corrected chi connectivity index (χ4v) is 0.855. The SMILES string of the molecule is Cc1nc(-n2cncn2)nn1C. The first-order chi connectivity index (χ1) is 5.77. The van der Waals surface area contributed by atoms with Crippen molar-refractivity contribution in [3.05, 3.63) is 18.5 Å². The van der Waals surface area contributed by atoms with Crippen LogP contribution in [-0.4, -0.2) is 29.5 Å². The molecule has 0 bridgehead atoms. The Balaban J connectivity index is 2.48. The summed E-state index contributed by atoms with van der Waals surface area (Å²) < 4.78 is 3.21. The molecule has 0 N–H and O–H groups in total. The molecule has 0 aliphatic carbocycles. The molecule has 0 aliphatic heterocycles. The molecule has 0 amide bonds. The van der Waals surface area contributed by atoms with Crippen molar-refractivity contribution < 1.29 is 0 Å². The largest absolute Gasteiger partial charge is 0.271 e. The average Bonchev–Trinajstić information content (AvgIpc) is 2.61. The van der Waals surface area contributed by atoms with Crippen LogP contribution in [0, 0.1) is 6.92 Å². The van der Waals surface area contributed by atoms with Crippen molar-refractivity contribution >= 4 is 0 Å². The topological polar surface area (TPSA) is 61.4 Å². The standard InChI is InChI=1S/C6H8N6/c1-5-9-6(10-11(5)2)12-4-7-3-8-12/h3-4H,1-2H3. The van der Waals surface area contributed by atoms with Gasteiger partial charge in [-0.05, 0) is 6.92 Å². The van der Waals surface area contributed by atoms with Gasteiger partial charge in [-0.2, -0.15) is 14.8 Å². The summed E-state index contributed by atoms with van der Waals surface area (Å²) in [7, 11) is 1.84. The number of aromatic nitrogens is 6. The van der Waals surface area contributed by atoms with Gasteiger partial charge in [0.05, 0.1) is 0 Å². The summed E-state index contributed by atoms with van der Waals surface area (Å²) in [5.41, 5.74) is 0. The van der Waals surface area contributed by atoms with Crippen LogP contribution in [0.15, 0.2) is 12.7 Å². The van der Waals surface area contributed by atoms with Crippen molar-refractivity contribution in [3.63, 3.8) is 0 Å². The Bertz CT molecular complexity index is 353. The number of aryl methyl sites for hydroxylation is 2. The summed E-state index contributed by atoms with van der Waals surface area (Å²) in [5, 5.41) is 8.03. The number of rotatable bonds is 1. The zero-order valence-corrected chi connectivity index (χ0v) is 6.84. The minimum Gasteiger partial charge on any atom is -0.251 e. The zero-order chi connectivity index (χ0) is 8.55. The highest BCUT2D eigenvalue weighted by atomic mass is 15.5. The third-order valence-electron chi connectivity index (χ3n) is 1.59. The van der Waals surface area contributed by atoms with Gasteiger partial charge in [0.25, 0.3) is 5.95 Å². The molecule has 12 heavy (non-hydrogen) atoms. The Labute approximate surface area is 68.9 Å². The summed E-state index contributed by atoms with van der Waals surface area (Å²) in [4.78, 5) is 7.97.